The molecule has 0 radical (unpaired) electrons. The number of fused-ring (bicyclic) bond motifs is 1. The number of rotatable bonds is 7. The Morgan fingerprint density at radius 3 is 2.58 bits per heavy atom. The van der Waals surface area contributed by atoms with Crippen molar-refractivity contribution < 1.29 is 9.53 Å². The van der Waals surface area contributed by atoms with E-state index in [1.807, 2.05) is 78.7 Å². The first-order chi connectivity index (χ1) is 17.6. The summed E-state index contributed by atoms with van der Waals surface area (Å²) < 4.78 is 5.83. The van der Waals surface area contributed by atoms with E-state index in [-0.39, 0.29) is 5.91 Å². The number of ether oxygens (including phenoxy) is 1. The Morgan fingerprint density at radius 1 is 1.06 bits per heavy atom. The largest absolute Gasteiger partial charge is 0.493 e. The molecule has 0 bridgehead atoms. The number of benzene rings is 3. The number of hydrogen-bond acceptors (Lipinski definition) is 5. The number of hydrogen-bond donors (Lipinski definition) is 1. The van der Waals surface area contributed by atoms with E-state index in [1.165, 1.54) is 0 Å². The van der Waals surface area contributed by atoms with Gasteiger partial charge in [0, 0.05) is 51.0 Å². The summed E-state index contributed by atoms with van der Waals surface area (Å²) in [6.45, 7) is 6.15. The van der Waals surface area contributed by atoms with Crippen LogP contribution in [0, 0.1) is 11.3 Å². The number of piperazine rings is 1. The van der Waals surface area contributed by atoms with Gasteiger partial charge in [-0.3, -0.25) is 9.69 Å². The van der Waals surface area contributed by atoms with Crippen molar-refractivity contribution in [2.24, 2.45) is 0 Å². The lowest BCUT2D eigenvalue weighted by atomic mass is 10.0. The predicted molar refractivity (Wildman–Crippen MR) is 139 cm³/mol. The summed E-state index contributed by atoms with van der Waals surface area (Å²) in [6, 6.07) is 21.6. The molecule has 1 N–H and O–H groups in total. The first kappa shape index (κ1) is 23.6. The normalized spacial score (nSPS) is 14.1. The fourth-order valence-electron chi connectivity index (χ4n) is 4.72. The standard InChI is InChI=1S/C29H29N5O2/c1-2-36-26-12-11-23-5-3-4-6-25(23)28(26)29(35)34-15-13-33(14-16-34)20-24-19-31-27(32-24)17-21-7-9-22(18-30)10-8-21/h3-12,19H,2,13-17,20H2,1H3,(H,31,32). The van der Waals surface area contributed by atoms with Crippen molar-refractivity contribution in [3.8, 4) is 11.8 Å². The average Bonchev–Trinajstić information content (AvgIpc) is 3.35. The van der Waals surface area contributed by atoms with Crippen molar-refractivity contribution in [3.05, 3.63) is 95.1 Å². The van der Waals surface area contributed by atoms with Crippen molar-refractivity contribution >= 4 is 16.7 Å². The van der Waals surface area contributed by atoms with Crippen LogP contribution >= 0.6 is 0 Å². The highest BCUT2D eigenvalue weighted by Crippen LogP contribution is 2.30. The average molecular weight is 480 g/mol. The van der Waals surface area contributed by atoms with E-state index >= 15 is 0 Å². The van der Waals surface area contributed by atoms with Crippen molar-refractivity contribution in [2.45, 2.75) is 19.9 Å². The molecule has 0 aliphatic carbocycles. The number of carbonyl (C=O) groups excluding carboxylic acids is 1. The smallest absolute Gasteiger partial charge is 0.258 e. The van der Waals surface area contributed by atoms with E-state index < -0.39 is 0 Å². The Kier molecular flexibility index (Phi) is 6.96. The van der Waals surface area contributed by atoms with Crippen molar-refractivity contribution in [1.29, 1.82) is 5.26 Å². The van der Waals surface area contributed by atoms with Crippen LogP contribution < -0.4 is 4.74 Å². The molecule has 182 valence electrons. The summed E-state index contributed by atoms with van der Waals surface area (Å²) in [5.74, 6) is 1.58. The Hall–Kier alpha value is -4.15. The molecule has 2 heterocycles. The Morgan fingerprint density at radius 2 is 1.83 bits per heavy atom. The van der Waals surface area contributed by atoms with E-state index in [1.54, 1.807) is 0 Å². The second kappa shape index (κ2) is 10.6. The molecule has 0 atom stereocenters. The quantitative estimate of drug-likeness (QED) is 0.425. The lowest BCUT2D eigenvalue weighted by Gasteiger charge is -2.35. The summed E-state index contributed by atoms with van der Waals surface area (Å²) in [7, 11) is 0. The number of carbonyl (C=O) groups is 1. The molecule has 7 nitrogen and oxygen atoms in total. The van der Waals surface area contributed by atoms with Gasteiger partial charge in [0.25, 0.3) is 5.91 Å². The molecule has 36 heavy (non-hydrogen) atoms. The van der Waals surface area contributed by atoms with Gasteiger partial charge in [0.1, 0.15) is 11.6 Å². The van der Waals surface area contributed by atoms with E-state index in [9.17, 15) is 4.79 Å². The van der Waals surface area contributed by atoms with Gasteiger partial charge < -0.3 is 14.6 Å². The summed E-state index contributed by atoms with van der Waals surface area (Å²) in [4.78, 5) is 25.8. The molecule has 1 aliphatic heterocycles. The number of aromatic amines is 1. The molecule has 1 fully saturated rings. The first-order valence-electron chi connectivity index (χ1n) is 12.3. The first-order valence-corrected chi connectivity index (χ1v) is 12.3. The number of imidazole rings is 1. The molecule has 4 aromatic rings. The van der Waals surface area contributed by atoms with Crippen molar-refractivity contribution in [2.75, 3.05) is 32.8 Å². The van der Waals surface area contributed by atoms with E-state index in [4.69, 9.17) is 10.00 Å². The third kappa shape index (κ3) is 5.09. The minimum Gasteiger partial charge on any atom is -0.493 e. The fourth-order valence-corrected chi connectivity index (χ4v) is 4.72. The lowest BCUT2D eigenvalue weighted by molar-refractivity contribution is 0.0625. The Balaban J connectivity index is 1.21. The number of nitriles is 1. The molecule has 1 saturated heterocycles. The zero-order valence-electron chi connectivity index (χ0n) is 20.4. The van der Waals surface area contributed by atoms with Gasteiger partial charge in [-0.15, -0.1) is 0 Å². The SMILES string of the molecule is CCOc1ccc2ccccc2c1C(=O)N1CCN(Cc2cnc(Cc3ccc(C#N)cc3)[nH]2)CC1. The summed E-state index contributed by atoms with van der Waals surface area (Å²) in [5.41, 5.74) is 3.49. The van der Waals surface area contributed by atoms with Crippen LogP contribution in [0.1, 0.15) is 39.9 Å². The maximum absolute atomic E-state index is 13.6. The maximum Gasteiger partial charge on any atom is 0.258 e. The Labute approximate surface area is 210 Å². The van der Waals surface area contributed by atoms with Gasteiger partial charge in [0.2, 0.25) is 0 Å². The number of aromatic nitrogens is 2. The van der Waals surface area contributed by atoms with E-state index in [2.05, 4.69) is 20.9 Å². The molecule has 1 amide bonds. The van der Waals surface area contributed by atoms with Gasteiger partial charge in [0.15, 0.2) is 0 Å². The molecule has 7 heteroatoms. The van der Waals surface area contributed by atoms with Crippen molar-refractivity contribution in [3.63, 3.8) is 0 Å². The number of H-pyrrole nitrogens is 1. The van der Waals surface area contributed by atoms with Crippen LogP contribution in [0.2, 0.25) is 0 Å². The molecular weight excluding hydrogens is 450 g/mol. The van der Waals surface area contributed by atoms with Gasteiger partial charge in [-0.2, -0.15) is 5.26 Å². The maximum atomic E-state index is 13.6. The lowest BCUT2D eigenvalue weighted by Crippen LogP contribution is -2.48. The summed E-state index contributed by atoms with van der Waals surface area (Å²) in [6.07, 6.45) is 2.59. The third-order valence-corrected chi connectivity index (χ3v) is 6.59. The zero-order valence-corrected chi connectivity index (χ0v) is 20.4. The molecule has 1 aliphatic rings. The van der Waals surface area contributed by atoms with Gasteiger partial charge >= 0.3 is 0 Å². The molecule has 3 aromatic carbocycles. The molecule has 0 unspecified atom stereocenters. The highest BCUT2D eigenvalue weighted by molar-refractivity contribution is 6.09. The van der Waals surface area contributed by atoms with Crippen LogP contribution in [0.3, 0.4) is 0 Å². The van der Waals surface area contributed by atoms with Crippen LogP contribution in [-0.2, 0) is 13.0 Å². The number of nitrogens with zero attached hydrogens (tertiary/aromatic N) is 4. The fraction of sp³-hybridized carbons (Fsp3) is 0.276. The zero-order chi connectivity index (χ0) is 24.9. The Bertz CT molecular complexity index is 1400. The van der Waals surface area contributed by atoms with Crippen LogP contribution in [0.15, 0.2) is 66.9 Å². The van der Waals surface area contributed by atoms with Gasteiger partial charge in [0.05, 0.1) is 23.8 Å². The molecule has 5 rings (SSSR count). The minimum atomic E-state index is 0.0288. The van der Waals surface area contributed by atoms with Gasteiger partial charge in [-0.05, 0) is 41.5 Å². The highest BCUT2D eigenvalue weighted by atomic mass is 16.5. The molecule has 1 aromatic heterocycles. The predicted octanol–water partition coefficient (Wildman–Crippen LogP) is 4.38. The minimum absolute atomic E-state index is 0.0288. The van der Waals surface area contributed by atoms with Crippen LogP contribution in [0.5, 0.6) is 5.75 Å². The summed E-state index contributed by atoms with van der Waals surface area (Å²) >= 11 is 0. The van der Waals surface area contributed by atoms with E-state index in [0.717, 1.165) is 47.5 Å². The van der Waals surface area contributed by atoms with Crippen LogP contribution in [0.25, 0.3) is 10.8 Å². The molecule has 0 saturated carbocycles. The van der Waals surface area contributed by atoms with Crippen molar-refractivity contribution in [1.82, 2.24) is 19.8 Å². The summed E-state index contributed by atoms with van der Waals surface area (Å²) in [5, 5.41) is 10.9. The van der Waals surface area contributed by atoms with Crippen LogP contribution in [-0.4, -0.2) is 58.5 Å². The van der Waals surface area contributed by atoms with Gasteiger partial charge in [-0.25, -0.2) is 4.98 Å². The monoisotopic (exact) mass is 479 g/mol. The molecular formula is C29H29N5O2. The second-order valence-corrected chi connectivity index (χ2v) is 9.00. The van der Waals surface area contributed by atoms with Gasteiger partial charge in [-0.1, -0.05) is 42.5 Å². The highest BCUT2D eigenvalue weighted by Gasteiger charge is 2.26. The van der Waals surface area contributed by atoms with E-state index in [0.29, 0.717) is 43.0 Å². The van der Waals surface area contributed by atoms with Crippen LogP contribution in [0.4, 0.5) is 0 Å². The topological polar surface area (TPSA) is 85.2 Å². The third-order valence-electron chi connectivity index (χ3n) is 6.59. The number of amides is 1. The molecule has 0 spiro atoms. The number of nitrogens with one attached hydrogen (secondary N) is 1. The second-order valence-electron chi connectivity index (χ2n) is 9.00.